The third-order valence-electron chi connectivity index (χ3n) is 0.412. The van der Waals surface area contributed by atoms with Gasteiger partial charge >= 0.3 is 12.2 Å². The number of carboxylic acid groups (broad SMARTS) is 1. The van der Waals surface area contributed by atoms with Crippen LogP contribution in [0.4, 0.5) is 9.59 Å². The van der Waals surface area contributed by atoms with E-state index in [1.54, 1.807) is 0 Å². The highest BCUT2D eigenvalue weighted by atomic mass is 16.6. The number of hydrogen-bond acceptors (Lipinski definition) is 4. The van der Waals surface area contributed by atoms with Crippen molar-refractivity contribution in [3.8, 4) is 0 Å². The quantitative estimate of drug-likeness (QED) is 0.266. The van der Waals surface area contributed by atoms with Crippen LogP contribution in [-0.2, 0) is 4.74 Å². The summed E-state index contributed by atoms with van der Waals surface area (Å²) in [6.07, 6.45) is -2.86. The van der Waals surface area contributed by atoms with Gasteiger partial charge in [0, 0.05) is 0 Å². The Morgan fingerprint density at radius 3 is 2.40 bits per heavy atom. The zero-order valence-electron chi connectivity index (χ0n) is 4.75. The molecular weight excluding hydrogens is 142 g/mol. The van der Waals surface area contributed by atoms with Gasteiger partial charge in [-0.1, -0.05) is 0 Å². The molecule has 7 nitrogen and oxygen atoms in total. The number of imide groups is 1. The van der Waals surface area contributed by atoms with Crippen LogP contribution < -0.4 is 11.1 Å². The zero-order chi connectivity index (χ0) is 8.15. The van der Waals surface area contributed by atoms with Crippen molar-refractivity contribution in [2.24, 2.45) is 5.73 Å². The molecule has 0 fully saturated rings. The average Bonchev–Trinajstić information content (AvgIpc) is 1.58. The molecule has 0 spiro atoms. The fourth-order valence-corrected chi connectivity index (χ4v) is 0.213. The number of rotatable bonds is 0. The molecule has 0 aromatic rings. The average molecular weight is 147 g/mol. The molecule has 0 rings (SSSR count). The first-order chi connectivity index (χ1) is 4.52. The van der Waals surface area contributed by atoms with Gasteiger partial charge in [0.2, 0.25) is 0 Å². The highest BCUT2D eigenvalue weighted by Crippen LogP contribution is 1.73. The first-order valence-electron chi connectivity index (χ1n) is 2.08. The Bertz CT molecular complexity index is 159. The minimum absolute atomic E-state index is 0.862. The van der Waals surface area contributed by atoms with Crippen LogP contribution in [0.5, 0.6) is 0 Å². The van der Waals surface area contributed by atoms with Gasteiger partial charge in [0.05, 0.1) is 0 Å². The van der Waals surface area contributed by atoms with Gasteiger partial charge in [-0.15, -0.1) is 0 Å². The van der Waals surface area contributed by atoms with E-state index in [2.05, 4.69) is 10.5 Å². The van der Waals surface area contributed by atoms with E-state index in [-0.39, 0.29) is 0 Å². The number of hydrogen-bond donors (Lipinski definition) is 4. The first-order valence-corrected chi connectivity index (χ1v) is 2.08. The van der Waals surface area contributed by atoms with Crippen LogP contribution in [0.3, 0.4) is 0 Å². The van der Waals surface area contributed by atoms with Crippen molar-refractivity contribution in [3.05, 3.63) is 0 Å². The molecule has 0 unspecified atom stereocenters. The standard InChI is InChI=1S/C3H5N3O4/c4-1(5)10-3(9)6-2(7)8/h(H3,4,5)(H,6,9)(H,7,8). The summed E-state index contributed by atoms with van der Waals surface area (Å²) in [6, 6.07) is -0.862. The van der Waals surface area contributed by atoms with Gasteiger partial charge in [0.1, 0.15) is 0 Å². The molecule has 0 aliphatic rings. The van der Waals surface area contributed by atoms with Crippen LogP contribution in [-0.4, -0.2) is 23.3 Å². The van der Waals surface area contributed by atoms with Crippen molar-refractivity contribution in [1.82, 2.24) is 5.32 Å². The Labute approximate surface area is 55.3 Å². The van der Waals surface area contributed by atoms with E-state index in [0.717, 1.165) is 0 Å². The molecule has 10 heavy (non-hydrogen) atoms. The molecule has 0 aliphatic heterocycles. The summed E-state index contributed by atoms with van der Waals surface area (Å²) in [7, 11) is 0. The minimum Gasteiger partial charge on any atom is -0.465 e. The van der Waals surface area contributed by atoms with Crippen molar-refractivity contribution in [2.45, 2.75) is 0 Å². The number of nitrogens with one attached hydrogen (secondary N) is 2. The van der Waals surface area contributed by atoms with Gasteiger partial charge in [0.25, 0.3) is 6.02 Å². The Hall–Kier alpha value is -1.79. The lowest BCUT2D eigenvalue weighted by Gasteiger charge is -1.97. The smallest absolute Gasteiger partial charge is 0.424 e. The summed E-state index contributed by atoms with van der Waals surface area (Å²) in [5.41, 5.74) is 4.58. The maximum Gasteiger partial charge on any atom is 0.424 e. The lowest BCUT2D eigenvalue weighted by atomic mass is 11.0. The number of carbonyl (C=O) groups is 2. The second-order valence-corrected chi connectivity index (χ2v) is 1.18. The summed E-state index contributed by atoms with van der Waals surface area (Å²) >= 11 is 0. The summed E-state index contributed by atoms with van der Waals surface area (Å²) in [4.78, 5) is 19.8. The van der Waals surface area contributed by atoms with E-state index in [1.807, 2.05) is 0 Å². The van der Waals surface area contributed by atoms with Gasteiger partial charge in [-0.05, 0) is 0 Å². The van der Waals surface area contributed by atoms with E-state index in [1.165, 1.54) is 5.32 Å². The van der Waals surface area contributed by atoms with Crippen LogP contribution in [0.15, 0.2) is 0 Å². The molecule has 0 aromatic carbocycles. The molecule has 0 bridgehead atoms. The van der Waals surface area contributed by atoms with Gasteiger partial charge in [-0.25, -0.2) is 14.9 Å². The molecule has 0 aliphatic carbocycles. The lowest BCUT2D eigenvalue weighted by Crippen LogP contribution is -2.33. The molecule has 0 aromatic heterocycles. The Morgan fingerprint density at radius 1 is 1.60 bits per heavy atom. The molecule has 56 valence electrons. The SMILES string of the molecule is N=C(N)OC(=O)NC(=O)O. The van der Waals surface area contributed by atoms with Crippen LogP contribution in [0.1, 0.15) is 0 Å². The first kappa shape index (κ1) is 8.21. The van der Waals surface area contributed by atoms with Crippen LogP contribution in [0.2, 0.25) is 0 Å². The van der Waals surface area contributed by atoms with Crippen LogP contribution in [0, 0.1) is 5.41 Å². The van der Waals surface area contributed by atoms with Gasteiger partial charge in [0.15, 0.2) is 0 Å². The number of amides is 2. The lowest BCUT2D eigenvalue weighted by molar-refractivity contribution is 0.175. The predicted octanol–water partition coefficient (Wildman–Crippen LogP) is -0.716. The molecule has 0 saturated carbocycles. The van der Waals surface area contributed by atoms with Gasteiger partial charge < -0.3 is 15.6 Å². The summed E-state index contributed by atoms with van der Waals surface area (Å²) in [6.45, 7) is 0. The summed E-state index contributed by atoms with van der Waals surface area (Å²) < 4.78 is 3.79. The van der Waals surface area contributed by atoms with Crippen molar-refractivity contribution in [3.63, 3.8) is 0 Å². The predicted molar refractivity (Wildman–Crippen MR) is 29.6 cm³/mol. The maximum absolute atomic E-state index is 10.1. The number of amidine groups is 1. The molecular formula is C3H5N3O4. The van der Waals surface area contributed by atoms with Crippen molar-refractivity contribution < 1.29 is 19.4 Å². The third-order valence-corrected chi connectivity index (χ3v) is 0.412. The molecule has 5 N–H and O–H groups in total. The topological polar surface area (TPSA) is 126 Å². The molecule has 0 saturated heterocycles. The molecule has 7 heteroatoms. The van der Waals surface area contributed by atoms with E-state index < -0.39 is 18.2 Å². The Balaban J connectivity index is 3.65. The zero-order valence-corrected chi connectivity index (χ0v) is 4.75. The van der Waals surface area contributed by atoms with Crippen molar-refractivity contribution >= 4 is 18.2 Å². The second kappa shape index (κ2) is 3.28. The normalized spacial score (nSPS) is 8.00. The Morgan fingerprint density at radius 2 is 2.10 bits per heavy atom. The monoisotopic (exact) mass is 147 g/mol. The van der Waals surface area contributed by atoms with E-state index >= 15 is 0 Å². The fourth-order valence-electron chi connectivity index (χ4n) is 0.213. The molecule has 0 heterocycles. The van der Waals surface area contributed by atoms with E-state index in [9.17, 15) is 9.59 Å². The molecule has 0 radical (unpaired) electrons. The molecule has 0 atom stereocenters. The molecule has 2 amide bonds. The third kappa shape index (κ3) is 4.37. The van der Waals surface area contributed by atoms with Crippen molar-refractivity contribution in [1.29, 1.82) is 5.41 Å². The van der Waals surface area contributed by atoms with Crippen LogP contribution in [0.25, 0.3) is 0 Å². The second-order valence-electron chi connectivity index (χ2n) is 1.18. The van der Waals surface area contributed by atoms with Gasteiger partial charge in [-0.2, -0.15) is 0 Å². The largest absolute Gasteiger partial charge is 0.465 e. The Kier molecular flexibility index (Phi) is 2.69. The van der Waals surface area contributed by atoms with E-state index in [4.69, 9.17) is 10.5 Å². The summed E-state index contributed by atoms with van der Waals surface area (Å²) in [5, 5.41) is 15.6. The fraction of sp³-hybridized carbons (Fsp3) is 0. The highest BCUT2D eigenvalue weighted by Gasteiger charge is 2.06. The number of nitrogens with two attached hydrogens (primary N) is 1. The van der Waals surface area contributed by atoms with Gasteiger partial charge in [-0.3, -0.25) is 5.41 Å². The number of carbonyl (C=O) groups excluding carboxylic acids is 1. The summed E-state index contributed by atoms with van der Waals surface area (Å²) in [5.74, 6) is 0. The van der Waals surface area contributed by atoms with Crippen LogP contribution >= 0.6 is 0 Å². The minimum atomic E-state index is -1.56. The number of ether oxygens (including phenoxy) is 1. The highest BCUT2D eigenvalue weighted by molar-refractivity contribution is 5.92. The van der Waals surface area contributed by atoms with E-state index in [0.29, 0.717) is 0 Å². The maximum atomic E-state index is 10.1. The number of alkyl carbamates (subject to hydrolysis) is 1. The van der Waals surface area contributed by atoms with Crippen molar-refractivity contribution in [2.75, 3.05) is 0 Å².